The molecule has 0 spiro atoms. The van der Waals surface area contributed by atoms with Crippen LogP contribution in [-0.2, 0) is 28.6 Å². The zero-order chi connectivity index (χ0) is 59.9. The first-order valence-electron chi connectivity index (χ1n) is 35.7. The maximum Gasteiger partial charge on any atom is 0.306 e. The number of esters is 3. The van der Waals surface area contributed by atoms with E-state index >= 15 is 0 Å². The van der Waals surface area contributed by atoms with E-state index in [9.17, 15) is 14.4 Å². The van der Waals surface area contributed by atoms with Gasteiger partial charge in [-0.1, -0.05) is 330 Å². The fraction of sp³-hybridized carbons (Fsp3) is 0.753. The molecule has 0 saturated heterocycles. The molecule has 1 unspecified atom stereocenters. The lowest BCUT2D eigenvalue weighted by atomic mass is 10.0. The van der Waals surface area contributed by atoms with Crippen LogP contribution in [0.3, 0.4) is 0 Å². The van der Waals surface area contributed by atoms with Crippen LogP contribution < -0.4 is 0 Å². The SMILES string of the molecule is CC/C=C\C/C=C\C/C=C\C/C=C\C/C=C\C/C=C\C/C=C\CCCCCCCC(=O)OCC(COC(=O)CCCCCCCCC/C=C\CCCCCCCCC)OC(=O)CCCCCCCCCCCCCCCCCCCCCC. The molecule has 1 atom stereocenters. The standard InChI is InChI=1S/C77H134O6/c1-4-7-10-13-16-19-22-25-28-31-34-36-37-38-39-40-41-42-44-46-49-52-55-58-61-64-67-70-76(79)82-73-74(72-81-75(78)69-66-63-60-57-54-51-48-45-33-30-27-24-21-18-15-12-9-6-3)83-77(80)71-68-65-62-59-56-53-50-47-43-35-32-29-26-23-20-17-14-11-8-5-2/h7,10,16,19,25,28,30,33-34,36,38-39,41-42,46,49,74H,4-6,8-9,11-15,17-18,20-24,26-27,29,31-32,35,37,40,43-45,47-48,50-73H2,1-3H3/b10-7-,19-16-,28-25-,33-30-,36-34-,39-38-,42-41-,49-46-. The van der Waals surface area contributed by atoms with Gasteiger partial charge in [0.05, 0.1) is 0 Å². The third-order valence-electron chi connectivity index (χ3n) is 15.6. The molecule has 0 aliphatic heterocycles. The molecule has 0 aliphatic rings. The molecule has 0 aromatic carbocycles. The fourth-order valence-corrected chi connectivity index (χ4v) is 10.2. The van der Waals surface area contributed by atoms with E-state index in [2.05, 4.69) is 118 Å². The van der Waals surface area contributed by atoms with Crippen LogP contribution in [-0.4, -0.2) is 37.2 Å². The third-order valence-corrected chi connectivity index (χ3v) is 15.6. The summed E-state index contributed by atoms with van der Waals surface area (Å²) in [6.07, 6.45) is 95.7. The highest BCUT2D eigenvalue weighted by molar-refractivity contribution is 5.71. The van der Waals surface area contributed by atoms with Crippen LogP contribution in [0, 0.1) is 0 Å². The van der Waals surface area contributed by atoms with Gasteiger partial charge in [0.25, 0.3) is 0 Å². The lowest BCUT2D eigenvalue weighted by Gasteiger charge is -2.18. The number of hydrogen-bond donors (Lipinski definition) is 0. The summed E-state index contributed by atoms with van der Waals surface area (Å²) in [4.78, 5) is 38.5. The van der Waals surface area contributed by atoms with Gasteiger partial charge in [0, 0.05) is 19.3 Å². The van der Waals surface area contributed by atoms with Crippen molar-refractivity contribution in [2.24, 2.45) is 0 Å². The Morgan fingerprint density at radius 1 is 0.253 bits per heavy atom. The van der Waals surface area contributed by atoms with Gasteiger partial charge in [0.15, 0.2) is 6.10 Å². The monoisotopic (exact) mass is 1160 g/mol. The van der Waals surface area contributed by atoms with Crippen LogP contribution in [0.2, 0.25) is 0 Å². The molecule has 0 amide bonds. The molecule has 0 radical (unpaired) electrons. The number of carbonyl (C=O) groups excluding carboxylic acids is 3. The fourth-order valence-electron chi connectivity index (χ4n) is 10.2. The lowest BCUT2D eigenvalue weighted by Crippen LogP contribution is -2.30. The largest absolute Gasteiger partial charge is 0.462 e. The number of unbranched alkanes of at least 4 members (excludes halogenated alkanes) is 38. The van der Waals surface area contributed by atoms with Gasteiger partial charge < -0.3 is 14.2 Å². The molecule has 0 aromatic rings. The highest BCUT2D eigenvalue weighted by Gasteiger charge is 2.19. The van der Waals surface area contributed by atoms with E-state index in [1.807, 2.05) is 0 Å². The number of hydrogen-bond acceptors (Lipinski definition) is 6. The minimum atomic E-state index is -0.789. The van der Waals surface area contributed by atoms with Crippen molar-refractivity contribution in [2.75, 3.05) is 13.2 Å². The Kier molecular flexibility index (Phi) is 67.7. The highest BCUT2D eigenvalue weighted by Crippen LogP contribution is 2.17. The molecule has 478 valence electrons. The van der Waals surface area contributed by atoms with E-state index in [-0.39, 0.29) is 31.1 Å². The average molecular weight is 1160 g/mol. The van der Waals surface area contributed by atoms with Crippen LogP contribution in [0.25, 0.3) is 0 Å². The van der Waals surface area contributed by atoms with Crippen LogP contribution in [0.15, 0.2) is 97.2 Å². The first-order chi connectivity index (χ1) is 41.0. The van der Waals surface area contributed by atoms with E-state index in [0.29, 0.717) is 19.3 Å². The van der Waals surface area contributed by atoms with Gasteiger partial charge in [-0.15, -0.1) is 0 Å². The Balaban J connectivity index is 4.40. The van der Waals surface area contributed by atoms with Gasteiger partial charge in [-0.25, -0.2) is 0 Å². The number of rotatable bonds is 65. The van der Waals surface area contributed by atoms with Gasteiger partial charge >= 0.3 is 17.9 Å². The second kappa shape index (κ2) is 70.8. The minimum absolute atomic E-state index is 0.0829. The van der Waals surface area contributed by atoms with Crippen LogP contribution >= 0.6 is 0 Å². The number of allylic oxidation sites excluding steroid dienone is 16. The maximum atomic E-state index is 13.0. The average Bonchev–Trinajstić information content (AvgIpc) is 3.49. The Morgan fingerprint density at radius 3 is 0.747 bits per heavy atom. The summed E-state index contributed by atoms with van der Waals surface area (Å²) >= 11 is 0. The van der Waals surface area contributed by atoms with Crippen LogP contribution in [0.1, 0.15) is 355 Å². The smallest absolute Gasteiger partial charge is 0.306 e. The Labute approximate surface area is 515 Å². The van der Waals surface area contributed by atoms with Gasteiger partial charge in [-0.05, 0) is 103 Å². The Bertz CT molecular complexity index is 1610. The van der Waals surface area contributed by atoms with Crippen molar-refractivity contribution in [3.05, 3.63) is 97.2 Å². The first-order valence-corrected chi connectivity index (χ1v) is 35.7. The van der Waals surface area contributed by atoms with Crippen molar-refractivity contribution < 1.29 is 28.6 Å². The van der Waals surface area contributed by atoms with Crippen molar-refractivity contribution >= 4 is 17.9 Å². The molecule has 0 heterocycles. The molecule has 0 bridgehead atoms. The van der Waals surface area contributed by atoms with Crippen LogP contribution in [0.4, 0.5) is 0 Å². The summed E-state index contributed by atoms with van der Waals surface area (Å²) in [7, 11) is 0. The summed E-state index contributed by atoms with van der Waals surface area (Å²) in [6.45, 7) is 6.56. The first kappa shape index (κ1) is 79.3. The van der Waals surface area contributed by atoms with Crippen molar-refractivity contribution in [3.63, 3.8) is 0 Å². The molecule has 0 rings (SSSR count). The van der Waals surface area contributed by atoms with Crippen molar-refractivity contribution in [1.82, 2.24) is 0 Å². The van der Waals surface area contributed by atoms with E-state index in [0.717, 1.165) is 122 Å². The maximum absolute atomic E-state index is 13.0. The Morgan fingerprint density at radius 2 is 0.470 bits per heavy atom. The quantitative estimate of drug-likeness (QED) is 0.0261. The normalized spacial score (nSPS) is 12.7. The van der Waals surface area contributed by atoms with Crippen molar-refractivity contribution in [3.8, 4) is 0 Å². The zero-order valence-corrected chi connectivity index (χ0v) is 54.9. The lowest BCUT2D eigenvalue weighted by molar-refractivity contribution is -0.167. The second-order valence-electron chi connectivity index (χ2n) is 23.8. The number of ether oxygens (including phenoxy) is 3. The Hall–Kier alpha value is -3.67. The molecule has 0 aliphatic carbocycles. The molecule has 6 nitrogen and oxygen atoms in total. The van der Waals surface area contributed by atoms with Gasteiger partial charge in [-0.2, -0.15) is 0 Å². The summed E-state index contributed by atoms with van der Waals surface area (Å²) < 4.78 is 17.0. The topological polar surface area (TPSA) is 78.9 Å². The molecule has 0 aromatic heterocycles. The van der Waals surface area contributed by atoms with Gasteiger partial charge in [0.2, 0.25) is 0 Å². The van der Waals surface area contributed by atoms with E-state index < -0.39 is 6.10 Å². The van der Waals surface area contributed by atoms with E-state index in [1.165, 1.54) is 193 Å². The third kappa shape index (κ3) is 69.0. The minimum Gasteiger partial charge on any atom is -0.462 e. The summed E-state index contributed by atoms with van der Waals surface area (Å²) in [6, 6.07) is 0. The summed E-state index contributed by atoms with van der Waals surface area (Å²) in [5.74, 6) is -0.887. The number of carbonyl (C=O) groups is 3. The molecule has 0 fully saturated rings. The molecule has 6 heteroatoms. The van der Waals surface area contributed by atoms with E-state index in [4.69, 9.17) is 14.2 Å². The van der Waals surface area contributed by atoms with Gasteiger partial charge in [0.1, 0.15) is 13.2 Å². The predicted octanol–water partition coefficient (Wildman–Crippen LogP) is 24.8. The molecule has 0 saturated carbocycles. The van der Waals surface area contributed by atoms with E-state index in [1.54, 1.807) is 0 Å². The predicted molar refractivity (Wildman–Crippen MR) is 362 cm³/mol. The zero-order valence-electron chi connectivity index (χ0n) is 54.9. The van der Waals surface area contributed by atoms with Crippen molar-refractivity contribution in [2.45, 2.75) is 361 Å². The van der Waals surface area contributed by atoms with Crippen molar-refractivity contribution in [1.29, 1.82) is 0 Å². The van der Waals surface area contributed by atoms with Crippen LogP contribution in [0.5, 0.6) is 0 Å². The van der Waals surface area contributed by atoms with Gasteiger partial charge in [-0.3, -0.25) is 14.4 Å². The highest BCUT2D eigenvalue weighted by atomic mass is 16.6. The second-order valence-corrected chi connectivity index (χ2v) is 23.8. The summed E-state index contributed by atoms with van der Waals surface area (Å²) in [5, 5.41) is 0. The summed E-state index contributed by atoms with van der Waals surface area (Å²) in [5.41, 5.74) is 0. The molecule has 0 N–H and O–H groups in total. The molecule has 83 heavy (non-hydrogen) atoms. The molecular formula is C77H134O6. The molecular weight excluding hydrogens is 1020 g/mol.